The minimum absolute atomic E-state index is 0.0709. The molecule has 0 radical (unpaired) electrons. The van der Waals surface area contributed by atoms with Crippen LogP contribution in [0.15, 0.2) is 0 Å². The molecule has 14 heavy (non-hydrogen) atoms. The minimum Gasteiger partial charge on any atom is -0.392 e. The lowest BCUT2D eigenvalue weighted by molar-refractivity contribution is -0.141. The predicted octanol–water partition coefficient (Wildman–Crippen LogP) is 0.152. The van der Waals surface area contributed by atoms with Crippen LogP contribution >= 0.6 is 0 Å². The standard InChI is InChI=1S/C10H15NO3/c1-6(12)5-11-9(13)7-3-2-4-8(7)10(11)14/h6-8,12H,2-5H2,1H3/t6-,7?,8?/m1/s1. The molecule has 0 spiro atoms. The molecule has 0 aromatic carbocycles. The summed E-state index contributed by atoms with van der Waals surface area (Å²) < 4.78 is 0. The summed E-state index contributed by atoms with van der Waals surface area (Å²) in [4.78, 5) is 24.7. The van der Waals surface area contributed by atoms with Crippen molar-refractivity contribution < 1.29 is 14.7 Å². The summed E-state index contributed by atoms with van der Waals surface area (Å²) in [6.45, 7) is 1.75. The molecule has 1 heterocycles. The van der Waals surface area contributed by atoms with Gasteiger partial charge in [-0.25, -0.2) is 0 Å². The van der Waals surface area contributed by atoms with Gasteiger partial charge in [-0.05, 0) is 19.8 Å². The highest BCUT2D eigenvalue weighted by Crippen LogP contribution is 2.39. The molecule has 1 saturated carbocycles. The number of amides is 2. The van der Waals surface area contributed by atoms with Gasteiger partial charge >= 0.3 is 0 Å². The van der Waals surface area contributed by atoms with E-state index in [0.717, 1.165) is 19.3 Å². The number of carbonyl (C=O) groups excluding carboxylic acids is 2. The largest absolute Gasteiger partial charge is 0.392 e. The molecule has 78 valence electrons. The molecule has 0 aromatic rings. The van der Waals surface area contributed by atoms with Crippen LogP contribution in [-0.2, 0) is 9.59 Å². The van der Waals surface area contributed by atoms with Gasteiger partial charge in [-0.15, -0.1) is 0 Å². The first-order valence-corrected chi connectivity index (χ1v) is 5.14. The molecule has 2 aliphatic rings. The summed E-state index contributed by atoms with van der Waals surface area (Å²) in [6.07, 6.45) is 2.04. The fraction of sp³-hybridized carbons (Fsp3) is 0.800. The summed E-state index contributed by atoms with van der Waals surface area (Å²) in [6, 6.07) is 0. The van der Waals surface area contributed by atoms with Crippen molar-refractivity contribution in [3.05, 3.63) is 0 Å². The van der Waals surface area contributed by atoms with Crippen molar-refractivity contribution >= 4 is 11.8 Å². The smallest absolute Gasteiger partial charge is 0.233 e. The van der Waals surface area contributed by atoms with Gasteiger partial charge in [-0.1, -0.05) is 6.42 Å². The summed E-state index contributed by atoms with van der Waals surface area (Å²) in [5, 5.41) is 9.17. The number of likely N-dealkylation sites (tertiary alicyclic amines) is 1. The molecule has 2 amide bonds. The molecule has 1 aliphatic carbocycles. The lowest BCUT2D eigenvalue weighted by Gasteiger charge is -2.17. The number of aliphatic hydroxyl groups excluding tert-OH is 1. The minimum atomic E-state index is -0.623. The number of nitrogens with zero attached hydrogens (tertiary/aromatic N) is 1. The molecular formula is C10H15NO3. The highest BCUT2D eigenvalue weighted by atomic mass is 16.3. The van der Waals surface area contributed by atoms with E-state index >= 15 is 0 Å². The van der Waals surface area contributed by atoms with Gasteiger partial charge < -0.3 is 5.11 Å². The monoisotopic (exact) mass is 197 g/mol. The van der Waals surface area contributed by atoms with Crippen LogP contribution in [0.4, 0.5) is 0 Å². The zero-order valence-corrected chi connectivity index (χ0v) is 8.27. The Hall–Kier alpha value is -0.900. The van der Waals surface area contributed by atoms with Gasteiger partial charge in [0, 0.05) is 0 Å². The fourth-order valence-electron chi connectivity index (χ4n) is 2.50. The maximum atomic E-state index is 11.7. The second kappa shape index (κ2) is 3.35. The summed E-state index contributed by atoms with van der Waals surface area (Å²) >= 11 is 0. The molecule has 0 aromatic heterocycles. The molecule has 4 nitrogen and oxygen atoms in total. The maximum absolute atomic E-state index is 11.7. The van der Waals surface area contributed by atoms with E-state index < -0.39 is 6.10 Å². The van der Waals surface area contributed by atoms with Crippen molar-refractivity contribution in [1.82, 2.24) is 4.90 Å². The van der Waals surface area contributed by atoms with Crippen molar-refractivity contribution in [3.8, 4) is 0 Å². The van der Waals surface area contributed by atoms with Crippen LogP contribution in [0.2, 0.25) is 0 Å². The molecule has 1 saturated heterocycles. The maximum Gasteiger partial charge on any atom is 0.233 e. The van der Waals surface area contributed by atoms with Gasteiger partial charge in [0.25, 0.3) is 0 Å². The fourth-order valence-corrected chi connectivity index (χ4v) is 2.50. The number of imide groups is 1. The van der Waals surface area contributed by atoms with Crippen LogP contribution in [0, 0.1) is 11.8 Å². The number of hydrogen-bond acceptors (Lipinski definition) is 3. The Morgan fingerprint density at radius 3 is 2.29 bits per heavy atom. The lowest BCUT2D eigenvalue weighted by Crippen LogP contribution is -2.37. The quantitative estimate of drug-likeness (QED) is 0.641. The van der Waals surface area contributed by atoms with E-state index in [1.807, 2.05) is 0 Å². The van der Waals surface area contributed by atoms with Crippen LogP contribution < -0.4 is 0 Å². The third kappa shape index (κ3) is 1.34. The molecule has 1 aliphatic heterocycles. The normalized spacial score (nSPS) is 33.7. The number of aliphatic hydroxyl groups is 1. The number of hydrogen-bond donors (Lipinski definition) is 1. The zero-order chi connectivity index (χ0) is 10.3. The van der Waals surface area contributed by atoms with E-state index in [9.17, 15) is 9.59 Å². The second-order valence-electron chi connectivity index (χ2n) is 4.28. The average molecular weight is 197 g/mol. The van der Waals surface area contributed by atoms with Crippen molar-refractivity contribution in [2.24, 2.45) is 11.8 Å². The van der Waals surface area contributed by atoms with E-state index in [2.05, 4.69) is 0 Å². The van der Waals surface area contributed by atoms with Gasteiger partial charge in [0.2, 0.25) is 11.8 Å². The Kier molecular flexibility index (Phi) is 2.31. The van der Waals surface area contributed by atoms with Gasteiger partial charge in [0.1, 0.15) is 0 Å². The second-order valence-corrected chi connectivity index (χ2v) is 4.28. The molecule has 3 atom stereocenters. The van der Waals surface area contributed by atoms with Crippen LogP contribution in [-0.4, -0.2) is 34.5 Å². The van der Waals surface area contributed by atoms with E-state index in [1.165, 1.54) is 4.90 Å². The van der Waals surface area contributed by atoms with Gasteiger partial charge in [0.15, 0.2) is 0 Å². The highest BCUT2D eigenvalue weighted by molar-refractivity contribution is 6.05. The lowest BCUT2D eigenvalue weighted by atomic mass is 10.00. The topological polar surface area (TPSA) is 57.6 Å². The molecule has 0 bridgehead atoms. The van der Waals surface area contributed by atoms with E-state index in [4.69, 9.17) is 5.11 Å². The first-order chi connectivity index (χ1) is 6.61. The summed E-state index contributed by atoms with van der Waals surface area (Å²) in [7, 11) is 0. The Labute approximate surface area is 82.9 Å². The Bertz CT molecular complexity index is 253. The number of carbonyl (C=O) groups is 2. The molecule has 2 fully saturated rings. The number of β-amino-alcohol motifs (C(OH)–C–C–N with tert-alkyl or cyclic N) is 1. The Morgan fingerprint density at radius 1 is 1.36 bits per heavy atom. The zero-order valence-electron chi connectivity index (χ0n) is 8.27. The molecule has 2 rings (SSSR count). The van der Waals surface area contributed by atoms with E-state index in [-0.39, 0.29) is 30.2 Å². The van der Waals surface area contributed by atoms with Crippen molar-refractivity contribution in [2.45, 2.75) is 32.3 Å². The SMILES string of the molecule is C[C@@H](O)CN1C(=O)C2CCCC2C1=O. The van der Waals surface area contributed by atoms with Gasteiger partial charge in [-0.3, -0.25) is 14.5 Å². The van der Waals surface area contributed by atoms with Gasteiger partial charge in [0.05, 0.1) is 24.5 Å². The van der Waals surface area contributed by atoms with Crippen LogP contribution in [0.3, 0.4) is 0 Å². The number of fused-ring (bicyclic) bond motifs is 1. The Balaban J connectivity index is 2.13. The third-order valence-electron chi connectivity index (χ3n) is 3.13. The molecular weight excluding hydrogens is 182 g/mol. The number of rotatable bonds is 2. The predicted molar refractivity (Wildman–Crippen MR) is 49.2 cm³/mol. The van der Waals surface area contributed by atoms with Crippen LogP contribution in [0.1, 0.15) is 26.2 Å². The molecule has 1 N–H and O–H groups in total. The summed E-state index contributed by atoms with van der Waals surface area (Å²) in [5.41, 5.74) is 0. The first kappa shape index (κ1) is 9.65. The van der Waals surface area contributed by atoms with Gasteiger partial charge in [-0.2, -0.15) is 0 Å². The highest BCUT2D eigenvalue weighted by Gasteiger charge is 2.49. The van der Waals surface area contributed by atoms with Crippen LogP contribution in [0.5, 0.6) is 0 Å². The first-order valence-electron chi connectivity index (χ1n) is 5.14. The molecule has 2 unspecified atom stereocenters. The molecule has 4 heteroatoms. The van der Waals surface area contributed by atoms with E-state index in [0.29, 0.717) is 0 Å². The average Bonchev–Trinajstić information content (AvgIpc) is 2.65. The third-order valence-corrected chi connectivity index (χ3v) is 3.13. The van der Waals surface area contributed by atoms with Crippen molar-refractivity contribution in [3.63, 3.8) is 0 Å². The van der Waals surface area contributed by atoms with Crippen LogP contribution in [0.25, 0.3) is 0 Å². The van der Waals surface area contributed by atoms with E-state index in [1.54, 1.807) is 6.92 Å². The Morgan fingerprint density at radius 2 is 1.86 bits per heavy atom. The summed E-state index contributed by atoms with van der Waals surface area (Å²) in [5.74, 6) is -0.306. The van der Waals surface area contributed by atoms with Crippen molar-refractivity contribution in [2.75, 3.05) is 6.54 Å². The van der Waals surface area contributed by atoms with Crippen molar-refractivity contribution in [1.29, 1.82) is 0 Å².